The number of nitriles is 1. The topological polar surface area (TPSA) is 95.2 Å². The van der Waals surface area contributed by atoms with Crippen LogP contribution in [0.25, 0.3) is 0 Å². The summed E-state index contributed by atoms with van der Waals surface area (Å²) in [4.78, 5) is 11.8. The first kappa shape index (κ1) is 16.7. The van der Waals surface area contributed by atoms with Crippen LogP contribution in [0.1, 0.15) is 11.5 Å². The van der Waals surface area contributed by atoms with Crippen LogP contribution in [0, 0.1) is 16.7 Å². The second kappa shape index (κ2) is 5.72. The Bertz CT molecular complexity index is 935. The highest BCUT2D eigenvalue weighted by Gasteiger charge is 2.77. The predicted octanol–water partition coefficient (Wildman–Crippen LogP) is 2.98. The highest BCUT2D eigenvalue weighted by Crippen LogP contribution is 2.64. The summed E-state index contributed by atoms with van der Waals surface area (Å²) in [6.45, 7) is 0. The molecule has 24 heavy (non-hydrogen) atoms. The van der Waals surface area contributed by atoms with Gasteiger partial charge in [-0.1, -0.05) is 46.3 Å². The quantitative estimate of drug-likeness (QED) is 0.843. The van der Waals surface area contributed by atoms with Gasteiger partial charge in [0.1, 0.15) is 5.25 Å². The van der Waals surface area contributed by atoms with Gasteiger partial charge in [0.2, 0.25) is 0 Å². The van der Waals surface area contributed by atoms with Crippen molar-refractivity contribution >= 4 is 31.7 Å². The SMILES string of the molecule is N#C[C@]1(C(=O)O)[C@H](c2ccc(Br)cc2)[C@@H]1S(=O)(=O)c1ccccc1. The molecule has 0 radical (unpaired) electrons. The Labute approximate surface area is 147 Å². The van der Waals surface area contributed by atoms with Crippen molar-refractivity contribution in [2.45, 2.75) is 16.1 Å². The number of carboxylic acid groups (broad SMARTS) is 1. The molecule has 0 saturated heterocycles. The van der Waals surface area contributed by atoms with Gasteiger partial charge in [-0.3, -0.25) is 4.79 Å². The van der Waals surface area contributed by atoms with E-state index in [0.29, 0.717) is 5.56 Å². The molecule has 0 heterocycles. The average Bonchev–Trinajstić information content (AvgIpc) is 3.28. The van der Waals surface area contributed by atoms with Gasteiger partial charge < -0.3 is 5.11 Å². The van der Waals surface area contributed by atoms with E-state index in [9.17, 15) is 23.6 Å². The van der Waals surface area contributed by atoms with Crippen LogP contribution in [-0.4, -0.2) is 24.7 Å². The molecular formula is C17H12BrNO4S. The van der Waals surface area contributed by atoms with Crippen LogP contribution < -0.4 is 0 Å². The number of benzene rings is 2. The Morgan fingerprint density at radius 3 is 2.21 bits per heavy atom. The van der Waals surface area contributed by atoms with Crippen LogP contribution in [0.2, 0.25) is 0 Å². The number of carbonyl (C=O) groups is 1. The fraction of sp³-hybridized carbons (Fsp3) is 0.176. The van der Waals surface area contributed by atoms with Crippen molar-refractivity contribution in [1.82, 2.24) is 0 Å². The minimum absolute atomic E-state index is 0.0236. The number of aliphatic carboxylic acids is 1. The minimum atomic E-state index is -3.95. The van der Waals surface area contributed by atoms with Crippen molar-refractivity contribution in [1.29, 1.82) is 5.26 Å². The standard InChI is InChI=1S/C17H12BrNO4S/c18-12-8-6-11(7-9-12)14-15(17(14,10-19)16(20)21)24(22,23)13-4-2-1-3-5-13/h1-9,14-15H,(H,20,21)/t14-,15+,17+/m1/s1. The van der Waals surface area contributed by atoms with Gasteiger partial charge in [0.25, 0.3) is 0 Å². The summed E-state index contributed by atoms with van der Waals surface area (Å²) in [7, 11) is -3.95. The van der Waals surface area contributed by atoms with Gasteiger partial charge in [-0.15, -0.1) is 0 Å². The number of nitrogens with zero attached hydrogens (tertiary/aromatic N) is 1. The average molecular weight is 406 g/mol. The summed E-state index contributed by atoms with van der Waals surface area (Å²) in [5, 5.41) is 17.8. The van der Waals surface area contributed by atoms with Crippen LogP contribution >= 0.6 is 15.9 Å². The zero-order chi connectivity index (χ0) is 17.5. The summed E-state index contributed by atoms with van der Waals surface area (Å²) in [5.74, 6) is -2.32. The molecule has 1 saturated carbocycles. The minimum Gasteiger partial charge on any atom is -0.480 e. The van der Waals surface area contributed by atoms with E-state index in [1.54, 1.807) is 48.5 Å². The van der Waals surface area contributed by atoms with E-state index in [1.165, 1.54) is 12.1 Å². The maximum atomic E-state index is 12.9. The fourth-order valence-electron chi connectivity index (χ4n) is 3.08. The van der Waals surface area contributed by atoms with Gasteiger partial charge in [-0.25, -0.2) is 8.42 Å². The van der Waals surface area contributed by atoms with Crippen molar-refractivity contribution in [2.75, 3.05) is 0 Å². The van der Waals surface area contributed by atoms with Crippen LogP contribution in [0.4, 0.5) is 0 Å². The van der Waals surface area contributed by atoms with Gasteiger partial charge in [0.15, 0.2) is 15.3 Å². The van der Waals surface area contributed by atoms with Crippen LogP contribution in [0.15, 0.2) is 64.0 Å². The first-order valence-corrected chi connectivity index (χ1v) is 9.38. The lowest BCUT2D eigenvalue weighted by atomic mass is 10.0. The molecule has 122 valence electrons. The molecule has 1 aliphatic carbocycles. The van der Waals surface area contributed by atoms with Gasteiger partial charge in [-0.05, 0) is 29.8 Å². The largest absolute Gasteiger partial charge is 0.480 e. The Balaban J connectivity index is 2.13. The summed E-state index contributed by atoms with van der Waals surface area (Å²) in [5.41, 5.74) is -1.45. The van der Waals surface area contributed by atoms with E-state index in [2.05, 4.69) is 15.9 Å². The molecule has 0 bridgehead atoms. The van der Waals surface area contributed by atoms with Crippen LogP contribution in [0.5, 0.6) is 0 Å². The van der Waals surface area contributed by atoms with Gasteiger partial charge in [-0.2, -0.15) is 5.26 Å². The van der Waals surface area contributed by atoms with Gasteiger partial charge >= 0.3 is 5.97 Å². The van der Waals surface area contributed by atoms with Crippen molar-refractivity contribution in [2.24, 2.45) is 5.41 Å². The van der Waals surface area contributed by atoms with E-state index >= 15 is 0 Å². The second-order valence-corrected chi connectivity index (χ2v) is 8.58. The van der Waals surface area contributed by atoms with Gasteiger partial charge in [0.05, 0.1) is 11.0 Å². The molecule has 1 N–H and O–H groups in total. The van der Waals surface area contributed by atoms with Crippen molar-refractivity contribution in [3.05, 3.63) is 64.6 Å². The zero-order valence-electron chi connectivity index (χ0n) is 12.3. The van der Waals surface area contributed by atoms with E-state index in [1.807, 2.05) is 0 Å². The maximum absolute atomic E-state index is 12.9. The summed E-state index contributed by atoms with van der Waals surface area (Å²) < 4.78 is 26.6. The number of hydrogen-bond donors (Lipinski definition) is 1. The number of rotatable bonds is 4. The molecule has 3 atom stereocenters. The number of hydrogen-bond acceptors (Lipinski definition) is 4. The van der Waals surface area contributed by atoms with E-state index in [-0.39, 0.29) is 4.90 Å². The molecule has 3 rings (SSSR count). The molecule has 0 unspecified atom stereocenters. The zero-order valence-corrected chi connectivity index (χ0v) is 14.7. The molecule has 1 fully saturated rings. The lowest BCUT2D eigenvalue weighted by Gasteiger charge is -2.04. The van der Waals surface area contributed by atoms with Crippen LogP contribution in [-0.2, 0) is 14.6 Å². The van der Waals surface area contributed by atoms with Gasteiger partial charge in [0, 0.05) is 10.4 Å². The Hall–Kier alpha value is -2.17. The predicted molar refractivity (Wildman–Crippen MR) is 90.0 cm³/mol. The second-order valence-electron chi connectivity index (χ2n) is 5.59. The highest BCUT2D eigenvalue weighted by atomic mass is 79.9. The fourth-order valence-corrected chi connectivity index (χ4v) is 5.62. The van der Waals surface area contributed by atoms with E-state index < -0.39 is 32.4 Å². The third-order valence-electron chi connectivity index (χ3n) is 4.31. The smallest absolute Gasteiger partial charge is 0.326 e. The summed E-state index contributed by atoms with van der Waals surface area (Å²) in [6.07, 6.45) is 0. The molecule has 5 nitrogen and oxygen atoms in total. The molecule has 0 aromatic heterocycles. The molecule has 2 aromatic rings. The summed E-state index contributed by atoms with van der Waals surface area (Å²) >= 11 is 3.28. The number of sulfone groups is 1. The maximum Gasteiger partial charge on any atom is 0.326 e. The lowest BCUT2D eigenvalue weighted by molar-refractivity contribution is -0.141. The Morgan fingerprint density at radius 1 is 1.12 bits per heavy atom. The van der Waals surface area contributed by atoms with E-state index in [0.717, 1.165) is 4.47 Å². The Kier molecular flexibility index (Phi) is 3.98. The molecule has 1 aliphatic rings. The first-order chi connectivity index (χ1) is 11.4. The molecular weight excluding hydrogens is 394 g/mol. The normalized spacial score (nSPS) is 25.7. The number of halogens is 1. The molecule has 2 aromatic carbocycles. The lowest BCUT2D eigenvalue weighted by Crippen LogP contribution is -2.22. The van der Waals surface area contributed by atoms with Crippen molar-refractivity contribution in [3.63, 3.8) is 0 Å². The number of carboxylic acids is 1. The Morgan fingerprint density at radius 2 is 1.71 bits per heavy atom. The summed E-state index contributed by atoms with van der Waals surface area (Å²) in [6, 6.07) is 16.1. The van der Waals surface area contributed by atoms with Crippen molar-refractivity contribution in [3.8, 4) is 6.07 Å². The molecule has 7 heteroatoms. The molecule has 0 amide bonds. The third-order valence-corrected chi connectivity index (χ3v) is 7.08. The third kappa shape index (κ3) is 2.34. The highest BCUT2D eigenvalue weighted by molar-refractivity contribution is 9.10. The molecule has 0 aliphatic heterocycles. The first-order valence-electron chi connectivity index (χ1n) is 7.04. The monoisotopic (exact) mass is 405 g/mol. The van der Waals surface area contributed by atoms with Crippen molar-refractivity contribution < 1.29 is 18.3 Å². The van der Waals surface area contributed by atoms with E-state index in [4.69, 9.17) is 0 Å². The van der Waals surface area contributed by atoms with Crippen LogP contribution in [0.3, 0.4) is 0 Å². The molecule has 0 spiro atoms.